The molecule has 0 aromatic carbocycles. The number of amides is 1. The SMILES string of the molecule is CCc1nn(CC)c(CNCC(=O)NCCOC)c1Br. The van der Waals surface area contributed by atoms with E-state index >= 15 is 0 Å². The minimum Gasteiger partial charge on any atom is -0.383 e. The first-order chi connectivity index (χ1) is 9.63. The van der Waals surface area contributed by atoms with Gasteiger partial charge >= 0.3 is 0 Å². The summed E-state index contributed by atoms with van der Waals surface area (Å²) in [5.41, 5.74) is 2.13. The average Bonchev–Trinajstić information content (AvgIpc) is 2.75. The zero-order chi connectivity index (χ0) is 15.0. The van der Waals surface area contributed by atoms with Gasteiger partial charge in [-0.2, -0.15) is 5.10 Å². The van der Waals surface area contributed by atoms with Crippen LogP contribution in [0.2, 0.25) is 0 Å². The summed E-state index contributed by atoms with van der Waals surface area (Å²) in [7, 11) is 1.61. The predicted octanol–water partition coefficient (Wildman–Crippen LogP) is 1.08. The highest BCUT2D eigenvalue weighted by Crippen LogP contribution is 2.22. The first-order valence-electron chi connectivity index (χ1n) is 6.84. The molecule has 0 aliphatic rings. The fourth-order valence-electron chi connectivity index (χ4n) is 1.84. The third-order valence-corrected chi connectivity index (χ3v) is 3.82. The molecule has 1 aromatic rings. The van der Waals surface area contributed by atoms with Crippen molar-refractivity contribution in [1.82, 2.24) is 20.4 Å². The normalized spacial score (nSPS) is 10.8. The zero-order valence-electron chi connectivity index (χ0n) is 12.3. The molecule has 0 aliphatic heterocycles. The van der Waals surface area contributed by atoms with Crippen LogP contribution < -0.4 is 10.6 Å². The number of rotatable bonds is 9. The van der Waals surface area contributed by atoms with Crippen molar-refractivity contribution in [2.75, 3.05) is 26.8 Å². The Morgan fingerprint density at radius 2 is 2.20 bits per heavy atom. The first kappa shape index (κ1) is 17.1. The number of halogens is 1. The Hall–Kier alpha value is -0.920. The van der Waals surface area contributed by atoms with Crippen LogP contribution >= 0.6 is 15.9 Å². The number of nitrogens with zero attached hydrogens (tertiary/aromatic N) is 2. The number of ether oxygens (including phenoxy) is 1. The Kier molecular flexibility index (Phi) is 7.79. The van der Waals surface area contributed by atoms with Crippen LogP contribution in [0.4, 0.5) is 0 Å². The van der Waals surface area contributed by atoms with Gasteiger partial charge in [-0.1, -0.05) is 6.92 Å². The van der Waals surface area contributed by atoms with Gasteiger partial charge < -0.3 is 15.4 Å². The van der Waals surface area contributed by atoms with Crippen LogP contribution in [0.3, 0.4) is 0 Å². The molecule has 7 heteroatoms. The zero-order valence-corrected chi connectivity index (χ0v) is 13.9. The van der Waals surface area contributed by atoms with Gasteiger partial charge in [-0.05, 0) is 29.3 Å². The number of aromatic nitrogens is 2. The average molecular weight is 347 g/mol. The maximum absolute atomic E-state index is 11.5. The summed E-state index contributed by atoms with van der Waals surface area (Å²) in [6, 6.07) is 0. The van der Waals surface area contributed by atoms with Crippen molar-refractivity contribution in [3.8, 4) is 0 Å². The summed E-state index contributed by atoms with van der Waals surface area (Å²) in [5, 5.41) is 10.4. The van der Waals surface area contributed by atoms with Gasteiger partial charge in [-0.25, -0.2) is 0 Å². The van der Waals surface area contributed by atoms with Crippen LogP contribution in [-0.4, -0.2) is 42.5 Å². The van der Waals surface area contributed by atoms with Crippen LogP contribution in [0, 0.1) is 0 Å². The van der Waals surface area contributed by atoms with E-state index in [1.807, 2.05) is 4.68 Å². The third-order valence-electron chi connectivity index (χ3n) is 2.90. The molecule has 0 unspecified atom stereocenters. The molecule has 6 nitrogen and oxygen atoms in total. The van der Waals surface area contributed by atoms with Crippen molar-refractivity contribution < 1.29 is 9.53 Å². The van der Waals surface area contributed by atoms with Crippen LogP contribution in [0.15, 0.2) is 4.47 Å². The second-order valence-electron chi connectivity index (χ2n) is 4.32. The van der Waals surface area contributed by atoms with Gasteiger partial charge in [0.15, 0.2) is 0 Å². The largest absolute Gasteiger partial charge is 0.383 e. The molecule has 0 aliphatic carbocycles. The Labute approximate surface area is 128 Å². The van der Waals surface area contributed by atoms with Gasteiger partial charge in [0.2, 0.25) is 5.91 Å². The molecular weight excluding hydrogens is 324 g/mol. The first-order valence-corrected chi connectivity index (χ1v) is 7.63. The molecule has 0 saturated heterocycles. The van der Waals surface area contributed by atoms with E-state index in [0.717, 1.165) is 28.8 Å². The summed E-state index contributed by atoms with van der Waals surface area (Å²) in [6.45, 7) is 6.90. The van der Waals surface area contributed by atoms with Gasteiger partial charge in [-0.15, -0.1) is 0 Å². The molecule has 1 rings (SSSR count). The van der Waals surface area contributed by atoms with Crippen molar-refractivity contribution in [3.63, 3.8) is 0 Å². The highest BCUT2D eigenvalue weighted by molar-refractivity contribution is 9.10. The molecule has 0 bridgehead atoms. The molecule has 0 fully saturated rings. The lowest BCUT2D eigenvalue weighted by Gasteiger charge is -2.08. The molecule has 1 aromatic heterocycles. The topological polar surface area (TPSA) is 68.2 Å². The number of nitrogens with one attached hydrogen (secondary N) is 2. The van der Waals surface area contributed by atoms with E-state index in [0.29, 0.717) is 19.7 Å². The van der Waals surface area contributed by atoms with Crippen LogP contribution in [0.5, 0.6) is 0 Å². The molecule has 1 amide bonds. The van der Waals surface area contributed by atoms with Gasteiger partial charge in [0.05, 0.1) is 29.0 Å². The molecule has 0 saturated carbocycles. The number of methoxy groups -OCH3 is 1. The minimum absolute atomic E-state index is 0.0311. The maximum Gasteiger partial charge on any atom is 0.234 e. The second kappa shape index (κ2) is 9.10. The van der Waals surface area contributed by atoms with Crippen molar-refractivity contribution >= 4 is 21.8 Å². The van der Waals surface area contributed by atoms with Crippen LogP contribution in [0.1, 0.15) is 25.2 Å². The summed E-state index contributed by atoms with van der Waals surface area (Å²) in [6.07, 6.45) is 0.887. The molecular formula is C13H23BrN4O2. The fourth-order valence-corrected chi connectivity index (χ4v) is 2.54. The molecule has 0 radical (unpaired) electrons. The molecule has 2 N–H and O–H groups in total. The number of carbonyl (C=O) groups is 1. The molecule has 1 heterocycles. The van der Waals surface area contributed by atoms with E-state index in [-0.39, 0.29) is 12.5 Å². The lowest BCUT2D eigenvalue weighted by Crippen LogP contribution is -2.35. The quantitative estimate of drug-likeness (QED) is 0.656. The summed E-state index contributed by atoms with van der Waals surface area (Å²) < 4.78 is 7.87. The molecule has 0 atom stereocenters. The van der Waals surface area contributed by atoms with Crippen molar-refractivity contribution in [2.24, 2.45) is 0 Å². The van der Waals surface area contributed by atoms with E-state index in [9.17, 15) is 4.79 Å². The number of hydrogen-bond acceptors (Lipinski definition) is 4. The van der Waals surface area contributed by atoms with Crippen LogP contribution in [-0.2, 0) is 29.0 Å². The highest BCUT2D eigenvalue weighted by Gasteiger charge is 2.13. The number of hydrogen-bond donors (Lipinski definition) is 2. The Morgan fingerprint density at radius 3 is 2.80 bits per heavy atom. The van der Waals surface area contributed by atoms with E-state index in [4.69, 9.17) is 4.74 Å². The standard InChI is InChI=1S/C13H23BrN4O2/c1-4-10-13(14)11(18(5-2)17-10)8-15-9-12(19)16-6-7-20-3/h15H,4-9H2,1-3H3,(H,16,19). The smallest absolute Gasteiger partial charge is 0.234 e. The van der Waals surface area contributed by atoms with E-state index < -0.39 is 0 Å². The van der Waals surface area contributed by atoms with Crippen molar-refractivity contribution in [3.05, 3.63) is 15.9 Å². The van der Waals surface area contributed by atoms with Crippen molar-refractivity contribution in [1.29, 1.82) is 0 Å². The summed E-state index contributed by atoms with van der Waals surface area (Å²) in [5.74, 6) is -0.0311. The monoisotopic (exact) mass is 346 g/mol. The molecule has 20 heavy (non-hydrogen) atoms. The Bertz CT molecular complexity index is 434. The van der Waals surface area contributed by atoms with Crippen LogP contribution in [0.25, 0.3) is 0 Å². The van der Waals surface area contributed by atoms with E-state index in [1.54, 1.807) is 7.11 Å². The fraction of sp³-hybridized carbons (Fsp3) is 0.692. The van der Waals surface area contributed by atoms with Gasteiger partial charge in [0.1, 0.15) is 0 Å². The lowest BCUT2D eigenvalue weighted by atomic mass is 10.3. The van der Waals surface area contributed by atoms with Crippen molar-refractivity contribution in [2.45, 2.75) is 33.4 Å². The minimum atomic E-state index is -0.0311. The predicted molar refractivity (Wildman–Crippen MR) is 81.6 cm³/mol. The van der Waals surface area contributed by atoms with Gasteiger partial charge in [0, 0.05) is 26.7 Å². The summed E-state index contributed by atoms with van der Waals surface area (Å²) >= 11 is 3.58. The number of carbonyl (C=O) groups excluding carboxylic acids is 1. The van der Waals surface area contributed by atoms with E-state index in [1.165, 1.54) is 0 Å². The lowest BCUT2D eigenvalue weighted by molar-refractivity contribution is -0.120. The maximum atomic E-state index is 11.5. The van der Waals surface area contributed by atoms with Gasteiger partial charge in [-0.3, -0.25) is 9.48 Å². The van der Waals surface area contributed by atoms with E-state index in [2.05, 4.69) is 45.5 Å². The molecule has 0 spiro atoms. The number of aryl methyl sites for hydroxylation is 2. The second-order valence-corrected chi connectivity index (χ2v) is 5.12. The highest BCUT2D eigenvalue weighted by atomic mass is 79.9. The summed E-state index contributed by atoms with van der Waals surface area (Å²) in [4.78, 5) is 11.5. The molecule has 114 valence electrons. The Morgan fingerprint density at radius 1 is 1.45 bits per heavy atom. The third kappa shape index (κ3) is 4.88. The Balaban J connectivity index is 2.45. The van der Waals surface area contributed by atoms with Gasteiger partial charge in [0.25, 0.3) is 0 Å².